The summed E-state index contributed by atoms with van der Waals surface area (Å²) in [5, 5.41) is 0.352. The van der Waals surface area contributed by atoms with Crippen molar-refractivity contribution in [1.82, 2.24) is 4.90 Å². The second kappa shape index (κ2) is 8.46. The van der Waals surface area contributed by atoms with Gasteiger partial charge in [-0.25, -0.2) is 0 Å². The molecule has 0 spiro atoms. The lowest BCUT2D eigenvalue weighted by Gasteiger charge is -2.33. The van der Waals surface area contributed by atoms with E-state index in [0.717, 1.165) is 45.3 Å². The van der Waals surface area contributed by atoms with Crippen molar-refractivity contribution in [3.8, 4) is 0 Å². The van der Waals surface area contributed by atoms with Gasteiger partial charge in [0, 0.05) is 12.0 Å². The van der Waals surface area contributed by atoms with Gasteiger partial charge in [-0.15, -0.1) is 11.6 Å². The van der Waals surface area contributed by atoms with Crippen LogP contribution in [-0.4, -0.2) is 55.8 Å². The molecule has 0 saturated heterocycles. The molecule has 19 heavy (non-hydrogen) atoms. The van der Waals surface area contributed by atoms with Crippen molar-refractivity contribution in [2.45, 2.75) is 63.0 Å². The van der Waals surface area contributed by atoms with E-state index in [4.69, 9.17) is 21.1 Å². The quantitative estimate of drug-likeness (QED) is 0.506. The van der Waals surface area contributed by atoms with Crippen molar-refractivity contribution in [3.63, 3.8) is 0 Å². The summed E-state index contributed by atoms with van der Waals surface area (Å²) in [6.07, 6.45) is 5.74. The molecule has 0 amide bonds. The number of halogens is 1. The summed E-state index contributed by atoms with van der Waals surface area (Å²) in [6, 6.07) is 0. The van der Waals surface area contributed by atoms with Gasteiger partial charge in [-0.3, -0.25) is 0 Å². The minimum absolute atomic E-state index is 0.193. The van der Waals surface area contributed by atoms with Crippen LogP contribution in [-0.2, 0) is 9.47 Å². The van der Waals surface area contributed by atoms with Crippen molar-refractivity contribution >= 4 is 11.6 Å². The van der Waals surface area contributed by atoms with Gasteiger partial charge in [0.15, 0.2) is 0 Å². The van der Waals surface area contributed by atoms with Crippen LogP contribution in [0.4, 0.5) is 0 Å². The van der Waals surface area contributed by atoms with Gasteiger partial charge < -0.3 is 14.4 Å². The molecule has 114 valence electrons. The van der Waals surface area contributed by atoms with Crippen molar-refractivity contribution in [2.75, 3.05) is 33.9 Å². The van der Waals surface area contributed by atoms with Crippen LogP contribution in [0.25, 0.3) is 0 Å². The molecule has 1 aliphatic carbocycles. The minimum atomic E-state index is -0.193. The molecule has 0 aromatic carbocycles. The number of rotatable bonds is 8. The molecule has 0 aromatic rings. The maximum absolute atomic E-state index is 6.16. The van der Waals surface area contributed by atoms with Crippen LogP contribution >= 0.6 is 11.6 Å². The van der Waals surface area contributed by atoms with E-state index in [1.165, 1.54) is 0 Å². The Morgan fingerprint density at radius 3 is 2.37 bits per heavy atom. The molecule has 0 bridgehead atoms. The third-order valence-corrected chi connectivity index (χ3v) is 3.87. The summed E-state index contributed by atoms with van der Waals surface area (Å²) in [7, 11) is 4.17. The fourth-order valence-electron chi connectivity index (χ4n) is 2.43. The number of hydrogen-bond donors (Lipinski definition) is 0. The standard InChI is InChI=1S/C15H30ClNO2/c1-15(2,12-18-11-5-10-17(3)4)19-14-8-6-13(16)7-9-14/h13-14H,5-12H2,1-4H3. The number of alkyl halides is 1. The Hall–Kier alpha value is 0.170. The lowest BCUT2D eigenvalue weighted by Crippen LogP contribution is -2.37. The Bertz CT molecular complexity index is 238. The van der Waals surface area contributed by atoms with Crippen LogP contribution in [0.3, 0.4) is 0 Å². The van der Waals surface area contributed by atoms with E-state index in [2.05, 4.69) is 32.8 Å². The molecular formula is C15H30ClNO2. The summed E-state index contributed by atoms with van der Waals surface area (Å²) in [6.45, 7) is 6.78. The van der Waals surface area contributed by atoms with Gasteiger partial charge in [-0.05, 0) is 66.6 Å². The van der Waals surface area contributed by atoms with E-state index in [9.17, 15) is 0 Å². The zero-order valence-corrected chi connectivity index (χ0v) is 13.7. The van der Waals surface area contributed by atoms with Crippen LogP contribution in [0.5, 0.6) is 0 Å². The summed E-state index contributed by atoms with van der Waals surface area (Å²) < 4.78 is 11.9. The second-order valence-electron chi connectivity index (χ2n) is 6.46. The highest BCUT2D eigenvalue weighted by Crippen LogP contribution is 2.28. The van der Waals surface area contributed by atoms with E-state index in [1.807, 2.05) is 0 Å². The highest BCUT2D eigenvalue weighted by molar-refractivity contribution is 6.20. The molecular weight excluding hydrogens is 262 g/mol. The highest BCUT2D eigenvalue weighted by Gasteiger charge is 2.27. The summed E-state index contributed by atoms with van der Waals surface area (Å²) >= 11 is 6.11. The van der Waals surface area contributed by atoms with Crippen molar-refractivity contribution in [2.24, 2.45) is 0 Å². The van der Waals surface area contributed by atoms with Gasteiger partial charge in [0.25, 0.3) is 0 Å². The van der Waals surface area contributed by atoms with Gasteiger partial charge in [0.2, 0.25) is 0 Å². The lowest BCUT2D eigenvalue weighted by molar-refractivity contribution is -0.121. The molecule has 1 rings (SSSR count). The average Bonchev–Trinajstić information content (AvgIpc) is 2.31. The Labute approximate surface area is 123 Å². The molecule has 1 saturated carbocycles. The minimum Gasteiger partial charge on any atom is -0.378 e. The van der Waals surface area contributed by atoms with E-state index in [1.54, 1.807) is 0 Å². The first kappa shape index (κ1) is 17.2. The highest BCUT2D eigenvalue weighted by atomic mass is 35.5. The van der Waals surface area contributed by atoms with Crippen LogP contribution in [0, 0.1) is 0 Å². The molecule has 0 heterocycles. The third-order valence-electron chi connectivity index (χ3n) is 3.43. The van der Waals surface area contributed by atoms with Crippen LogP contribution in [0.15, 0.2) is 0 Å². The molecule has 0 radical (unpaired) electrons. The predicted molar refractivity (Wildman–Crippen MR) is 81.1 cm³/mol. The number of ether oxygens (including phenoxy) is 2. The van der Waals surface area contributed by atoms with Gasteiger partial charge in [-0.1, -0.05) is 0 Å². The smallest absolute Gasteiger partial charge is 0.0862 e. The first-order valence-corrected chi connectivity index (χ1v) is 7.87. The molecule has 4 heteroatoms. The van der Waals surface area contributed by atoms with Crippen LogP contribution in [0.2, 0.25) is 0 Å². The second-order valence-corrected chi connectivity index (χ2v) is 7.08. The first-order valence-electron chi connectivity index (χ1n) is 7.43. The lowest BCUT2D eigenvalue weighted by atomic mass is 9.96. The molecule has 1 aliphatic rings. The molecule has 0 atom stereocenters. The molecule has 3 nitrogen and oxygen atoms in total. The fourth-order valence-corrected chi connectivity index (χ4v) is 2.68. The fraction of sp³-hybridized carbons (Fsp3) is 1.00. The topological polar surface area (TPSA) is 21.7 Å². The Morgan fingerprint density at radius 1 is 1.16 bits per heavy atom. The van der Waals surface area contributed by atoms with Gasteiger partial charge >= 0.3 is 0 Å². The Morgan fingerprint density at radius 2 is 1.79 bits per heavy atom. The normalized spacial score (nSPS) is 24.9. The molecule has 0 unspecified atom stereocenters. The van der Waals surface area contributed by atoms with Gasteiger partial charge in [0.1, 0.15) is 0 Å². The van der Waals surface area contributed by atoms with Crippen molar-refractivity contribution in [3.05, 3.63) is 0 Å². The van der Waals surface area contributed by atoms with Crippen LogP contribution < -0.4 is 0 Å². The SMILES string of the molecule is CN(C)CCCOCC(C)(C)OC1CCC(Cl)CC1. The van der Waals surface area contributed by atoms with Gasteiger partial charge in [0.05, 0.1) is 18.3 Å². The van der Waals surface area contributed by atoms with E-state index in [-0.39, 0.29) is 5.60 Å². The monoisotopic (exact) mass is 291 g/mol. The van der Waals surface area contributed by atoms with Gasteiger partial charge in [-0.2, -0.15) is 0 Å². The maximum atomic E-state index is 6.16. The summed E-state index contributed by atoms with van der Waals surface area (Å²) in [5.41, 5.74) is -0.193. The molecule has 0 aromatic heterocycles. The number of nitrogens with zero attached hydrogens (tertiary/aromatic N) is 1. The zero-order valence-electron chi connectivity index (χ0n) is 13.0. The molecule has 0 N–H and O–H groups in total. The predicted octanol–water partition coefficient (Wildman–Crippen LogP) is 3.30. The number of hydrogen-bond acceptors (Lipinski definition) is 3. The maximum Gasteiger partial charge on any atom is 0.0862 e. The Kier molecular flexibility index (Phi) is 7.66. The first-order chi connectivity index (χ1) is 8.89. The Balaban J connectivity index is 2.13. The van der Waals surface area contributed by atoms with Crippen molar-refractivity contribution in [1.29, 1.82) is 0 Å². The summed E-state index contributed by atoms with van der Waals surface area (Å²) in [4.78, 5) is 2.18. The average molecular weight is 292 g/mol. The van der Waals surface area contributed by atoms with E-state index >= 15 is 0 Å². The zero-order chi connectivity index (χ0) is 14.3. The largest absolute Gasteiger partial charge is 0.378 e. The molecule has 0 aliphatic heterocycles. The third kappa shape index (κ3) is 8.13. The van der Waals surface area contributed by atoms with E-state index in [0.29, 0.717) is 18.1 Å². The van der Waals surface area contributed by atoms with Crippen LogP contribution in [0.1, 0.15) is 46.0 Å². The summed E-state index contributed by atoms with van der Waals surface area (Å²) in [5.74, 6) is 0. The molecule has 1 fully saturated rings. The van der Waals surface area contributed by atoms with Crippen molar-refractivity contribution < 1.29 is 9.47 Å². The van der Waals surface area contributed by atoms with E-state index < -0.39 is 0 Å².